The van der Waals surface area contributed by atoms with E-state index in [4.69, 9.17) is 0 Å². The van der Waals surface area contributed by atoms with Gasteiger partial charge in [0.25, 0.3) is 0 Å². The highest BCUT2D eigenvalue weighted by atomic mass is 16.1. The van der Waals surface area contributed by atoms with Gasteiger partial charge in [0.2, 0.25) is 0 Å². The van der Waals surface area contributed by atoms with Crippen molar-refractivity contribution in [2.75, 3.05) is 0 Å². The van der Waals surface area contributed by atoms with Crippen LogP contribution in [0.4, 0.5) is 0 Å². The summed E-state index contributed by atoms with van der Waals surface area (Å²) in [6.45, 7) is 4.39. The first kappa shape index (κ1) is 8.03. The van der Waals surface area contributed by atoms with Crippen LogP contribution in [-0.2, 0) is 4.79 Å². The van der Waals surface area contributed by atoms with Crippen LogP contribution in [-0.4, -0.2) is 5.78 Å². The zero-order chi connectivity index (χ0) is 8.72. The Bertz CT molecular complexity index is 250. The van der Waals surface area contributed by atoms with Gasteiger partial charge in [0, 0.05) is 12.3 Å². The van der Waals surface area contributed by atoms with Crippen molar-refractivity contribution in [1.82, 2.24) is 0 Å². The van der Waals surface area contributed by atoms with Crippen molar-refractivity contribution in [3.63, 3.8) is 0 Å². The molecule has 0 heterocycles. The van der Waals surface area contributed by atoms with Gasteiger partial charge in [0.15, 0.2) is 0 Å². The van der Waals surface area contributed by atoms with Gasteiger partial charge in [0.1, 0.15) is 5.78 Å². The Hall–Kier alpha value is -0.590. The van der Waals surface area contributed by atoms with Gasteiger partial charge in [-0.05, 0) is 39.0 Å². The Labute approximate surface area is 73.8 Å². The van der Waals surface area contributed by atoms with Gasteiger partial charge in [-0.25, -0.2) is 0 Å². The average molecular weight is 164 g/mol. The van der Waals surface area contributed by atoms with E-state index in [-0.39, 0.29) is 0 Å². The molecule has 1 fully saturated rings. The number of rotatable bonds is 0. The molecular weight excluding hydrogens is 148 g/mol. The van der Waals surface area contributed by atoms with Crippen LogP contribution in [0.1, 0.15) is 39.5 Å². The third-order valence-corrected chi connectivity index (χ3v) is 3.57. The first-order valence-electron chi connectivity index (χ1n) is 4.86. The van der Waals surface area contributed by atoms with Gasteiger partial charge in [0.05, 0.1) is 0 Å². The fraction of sp³-hybridized carbons (Fsp3) is 0.727. The van der Waals surface area contributed by atoms with Gasteiger partial charge in [-0.15, -0.1) is 0 Å². The largest absolute Gasteiger partial charge is 0.299 e. The van der Waals surface area contributed by atoms with Gasteiger partial charge in [-0.1, -0.05) is 11.1 Å². The number of hydrogen-bond acceptors (Lipinski definition) is 1. The van der Waals surface area contributed by atoms with E-state index in [1.54, 1.807) is 0 Å². The maximum Gasteiger partial charge on any atom is 0.136 e. The molecule has 0 aromatic heterocycles. The molecule has 0 bridgehead atoms. The van der Waals surface area contributed by atoms with Crippen molar-refractivity contribution in [1.29, 1.82) is 0 Å². The molecule has 1 heteroatoms. The van der Waals surface area contributed by atoms with E-state index < -0.39 is 0 Å². The summed E-state index contributed by atoms with van der Waals surface area (Å²) in [5.74, 6) is 1.61. The second-order valence-corrected chi connectivity index (χ2v) is 4.34. The average Bonchev–Trinajstić information content (AvgIpc) is 2.35. The van der Waals surface area contributed by atoms with Gasteiger partial charge >= 0.3 is 0 Å². The van der Waals surface area contributed by atoms with E-state index in [0.717, 1.165) is 19.3 Å². The van der Waals surface area contributed by atoms with Crippen molar-refractivity contribution in [3.8, 4) is 0 Å². The summed E-state index contributed by atoms with van der Waals surface area (Å²) < 4.78 is 0. The molecule has 0 spiro atoms. The Balaban J connectivity index is 2.22. The van der Waals surface area contributed by atoms with Crippen LogP contribution in [0.25, 0.3) is 0 Å². The Morgan fingerprint density at radius 2 is 1.83 bits per heavy atom. The second-order valence-electron chi connectivity index (χ2n) is 4.34. The normalized spacial score (nSPS) is 35.7. The zero-order valence-corrected chi connectivity index (χ0v) is 7.89. The predicted molar refractivity (Wildman–Crippen MR) is 48.8 cm³/mol. The van der Waals surface area contributed by atoms with E-state index in [0.29, 0.717) is 17.6 Å². The SMILES string of the molecule is CC1=C(C)C[C@@H]2C(=O)CC[C@@H]2C1. The van der Waals surface area contributed by atoms with Crippen molar-refractivity contribution in [2.45, 2.75) is 39.5 Å². The summed E-state index contributed by atoms with van der Waals surface area (Å²) >= 11 is 0. The Morgan fingerprint density at radius 3 is 2.58 bits per heavy atom. The zero-order valence-electron chi connectivity index (χ0n) is 7.89. The predicted octanol–water partition coefficient (Wildman–Crippen LogP) is 2.71. The lowest BCUT2D eigenvalue weighted by atomic mass is 9.78. The summed E-state index contributed by atoms with van der Waals surface area (Å²) in [7, 11) is 0. The minimum Gasteiger partial charge on any atom is -0.299 e. The van der Waals surface area contributed by atoms with Crippen LogP contribution in [0.2, 0.25) is 0 Å². The van der Waals surface area contributed by atoms with Crippen molar-refractivity contribution in [2.24, 2.45) is 11.8 Å². The quantitative estimate of drug-likeness (QED) is 0.503. The topological polar surface area (TPSA) is 17.1 Å². The molecule has 0 aromatic rings. The molecule has 0 aliphatic heterocycles. The highest BCUT2D eigenvalue weighted by Crippen LogP contribution is 2.42. The molecule has 1 nitrogen and oxygen atoms in total. The number of ketones is 1. The third-order valence-electron chi connectivity index (χ3n) is 3.57. The van der Waals surface area contributed by atoms with Gasteiger partial charge < -0.3 is 0 Å². The minimum absolute atomic E-state index is 0.397. The van der Waals surface area contributed by atoms with Crippen LogP contribution < -0.4 is 0 Å². The molecule has 0 saturated heterocycles. The Kier molecular flexibility index (Phi) is 1.82. The summed E-state index contributed by atoms with van der Waals surface area (Å²) in [5.41, 5.74) is 3.00. The lowest BCUT2D eigenvalue weighted by molar-refractivity contribution is -0.121. The fourth-order valence-corrected chi connectivity index (χ4v) is 2.57. The van der Waals surface area contributed by atoms with E-state index in [1.807, 2.05) is 0 Å². The number of carbonyl (C=O) groups excluding carboxylic acids is 1. The van der Waals surface area contributed by atoms with E-state index in [9.17, 15) is 4.79 Å². The van der Waals surface area contributed by atoms with Crippen LogP contribution in [0.5, 0.6) is 0 Å². The maximum absolute atomic E-state index is 11.4. The van der Waals surface area contributed by atoms with Gasteiger partial charge in [-0.3, -0.25) is 4.79 Å². The number of Topliss-reactive ketones (excluding diaryl/α,β-unsaturated/α-hetero) is 1. The lowest BCUT2D eigenvalue weighted by Crippen LogP contribution is -2.19. The molecule has 2 atom stereocenters. The molecule has 2 rings (SSSR count). The summed E-state index contributed by atoms with van der Waals surface area (Å²) in [6, 6.07) is 0. The molecule has 0 unspecified atom stereocenters. The van der Waals surface area contributed by atoms with E-state index in [2.05, 4.69) is 13.8 Å². The first-order valence-corrected chi connectivity index (χ1v) is 4.86. The number of fused-ring (bicyclic) bond motifs is 1. The standard InChI is InChI=1S/C11H16O/c1-7-5-9-3-4-11(12)10(9)6-8(7)2/h9-10H,3-6H2,1-2H3/t9-,10+/m1/s1. The van der Waals surface area contributed by atoms with Crippen molar-refractivity contribution < 1.29 is 4.79 Å². The van der Waals surface area contributed by atoms with Crippen LogP contribution >= 0.6 is 0 Å². The molecule has 0 aromatic carbocycles. The molecule has 0 N–H and O–H groups in total. The Morgan fingerprint density at radius 1 is 1.17 bits per heavy atom. The molecule has 0 amide bonds. The smallest absolute Gasteiger partial charge is 0.136 e. The lowest BCUT2D eigenvalue weighted by Gasteiger charge is -2.26. The monoisotopic (exact) mass is 164 g/mol. The highest BCUT2D eigenvalue weighted by molar-refractivity contribution is 5.84. The molecule has 2 aliphatic rings. The van der Waals surface area contributed by atoms with Crippen molar-refractivity contribution in [3.05, 3.63) is 11.1 Å². The second kappa shape index (κ2) is 2.72. The molecule has 66 valence electrons. The number of allylic oxidation sites excluding steroid dienone is 2. The third kappa shape index (κ3) is 1.12. The summed E-state index contributed by atoms with van der Waals surface area (Å²) in [6.07, 6.45) is 4.22. The van der Waals surface area contributed by atoms with E-state index in [1.165, 1.54) is 17.6 Å². The fourth-order valence-electron chi connectivity index (χ4n) is 2.57. The number of hydrogen-bond donors (Lipinski definition) is 0. The minimum atomic E-state index is 0.397. The summed E-state index contributed by atoms with van der Waals surface area (Å²) in [4.78, 5) is 11.4. The number of carbonyl (C=O) groups is 1. The first-order chi connectivity index (χ1) is 5.68. The summed E-state index contributed by atoms with van der Waals surface area (Å²) in [5, 5.41) is 0. The molecule has 12 heavy (non-hydrogen) atoms. The van der Waals surface area contributed by atoms with Crippen LogP contribution in [0.15, 0.2) is 11.1 Å². The molecular formula is C11H16O. The van der Waals surface area contributed by atoms with Crippen LogP contribution in [0.3, 0.4) is 0 Å². The van der Waals surface area contributed by atoms with Gasteiger partial charge in [-0.2, -0.15) is 0 Å². The highest BCUT2D eigenvalue weighted by Gasteiger charge is 2.37. The van der Waals surface area contributed by atoms with Crippen LogP contribution in [0, 0.1) is 11.8 Å². The van der Waals surface area contributed by atoms with Crippen molar-refractivity contribution >= 4 is 5.78 Å². The molecule has 2 aliphatic carbocycles. The maximum atomic E-state index is 11.4. The molecule has 1 saturated carbocycles. The molecule has 0 radical (unpaired) electrons. The van der Waals surface area contributed by atoms with E-state index >= 15 is 0 Å².